The molecule has 0 unspecified atom stereocenters. The minimum atomic E-state index is 0.114. The Bertz CT molecular complexity index is 154. The Kier molecular flexibility index (Phi) is 6.17. The fraction of sp³-hybridized carbons (Fsp3) is 1.00. The van der Waals surface area contributed by atoms with Gasteiger partial charge in [-0.25, -0.2) is 0 Å². The van der Waals surface area contributed by atoms with Crippen molar-refractivity contribution in [3.63, 3.8) is 0 Å². The maximum atomic E-state index is 5.68. The fourth-order valence-corrected chi connectivity index (χ4v) is 2.28. The first-order valence-electron chi connectivity index (χ1n) is 5.49. The zero-order valence-electron chi connectivity index (χ0n) is 9.61. The minimum absolute atomic E-state index is 0.114. The average Bonchev–Trinajstić information content (AvgIpc) is 2.19. The van der Waals surface area contributed by atoms with E-state index in [1.165, 1.54) is 0 Å². The predicted octanol–water partition coefficient (Wildman–Crippen LogP) is 3.13. The molecule has 2 saturated heterocycles. The van der Waals surface area contributed by atoms with Crippen LogP contribution in [-0.4, -0.2) is 44.1 Å². The quantitative estimate of drug-likeness (QED) is 0.740. The van der Waals surface area contributed by atoms with Gasteiger partial charge in [0, 0.05) is 28.5 Å². The van der Waals surface area contributed by atoms with Crippen molar-refractivity contribution in [2.24, 2.45) is 10.8 Å². The molecule has 0 N–H and O–H groups in total. The van der Waals surface area contributed by atoms with Crippen molar-refractivity contribution in [1.29, 1.82) is 0 Å². The maximum Gasteiger partial charge on any atom is 0.0567 e. The summed E-state index contributed by atoms with van der Waals surface area (Å²) in [6.45, 7) is 5.37. The molecule has 16 heavy (non-hydrogen) atoms. The molecule has 0 radical (unpaired) electrons. The van der Waals surface area contributed by atoms with Gasteiger partial charge in [0.2, 0.25) is 0 Å². The number of hydrogen-bond acceptors (Lipinski definition) is 2. The minimum Gasteiger partial charge on any atom is -0.380 e. The van der Waals surface area contributed by atoms with Crippen LogP contribution in [0.5, 0.6) is 0 Å². The highest BCUT2D eigenvalue weighted by molar-refractivity contribution is 6.21. The van der Waals surface area contributed by atoms with Gasteiger partial charge in [-0.15, -0.1) is 34.8 Å². The molecule has 2 aliphatic heterocycles. The van der Waals surface area contributed by atoms with Gasteiger partial charge in [-0.1, -0.05) is 6.92 Å². The molecule has 0 saturated carbocycles. The number of ether oxygens (including phenoxy) is 2. The van der Waals surface area contributed by atoms with E-state index in [1.807, 2.05) is 0 Å². The van der Waals surface area contributed by atoms with Crippen LogP contribution < -0.4 is 0 Å². The van der Waals surface area contributed by atoms with Gasteiger partial charge in [-0.2, -0.15) is 0 Å². The van der Waals surface area contributed by atoms with E-state index >= 15 is 0 Å². The zero-order valence-corrected chi connectivity index (χ0v) is 11.9. The molecule has 2 nitrogen and oxygen atoms in total. The normalized spacial score (nSPS) is 24.8. The lowest BCUT2D eigenvalue weighted by atomic mass is 9.86. The van der Waals surface area contributed by atoms with Gasteiger partial charge in [-0.05, 0) is 6.42 Å². The van der Waals surface area contributed by atoms with Crippen LogP contribution in [0.4, 0.5) is 0 Å². The summed E-state index contributed by atoms with van der Waals surface area (Å²) < 4.78 is 9.99. The first-order valence-corrected chi connectivity index (χ1v) is 7.10. The maximum absolute atomic E-state index is 5.68. The molecule has 96 valence electrons. The lowest BCUT2D eigenvalue weighted by Gasteiger charge is -2.38. The summed E-state index contributed by atoms with van der Waals surface area (Å²) in [5.74, 6) is 2.00. The summed E-state index contributed by atoms with van der Waals surface area (Å²) in [5.41, 5.74) is 0.463. The summed E-state index contributed by atoms with van der Waals surface area (Å²) in [5, 5.41) is 0. The van der Waals surface area contributed by atoms with Gasteiger partial charge in [0.05, 0.1) is 26.4 Å². The topological polar surface area (TPSA) is 18.5 Å². The molecule has 0 amide bonds. The zero-order chi connectivity index (χ0) is 12.1. The molecule has 0 bridgehead atoms. The van der Waals surface area contributed by atoms with Crippen LogP contribution in [0.15, 0.2) is 0 Å². The largest absolute Gasteiger partial charge is 0.380 e. The summed E-state index contributed by atoms with van der Waals surface area (Å²) in [6, 6.07) is 0. The summed E-state index contributed by atoms with van der Waals surface area (Å²) in [4.78, 5) is 0. The van der Waals surface area contributed by atoms with E-state index in [4.69, 9.17) is 44.3 Å². The molecule has 2 fully saturated rings. The Hall–Kier alpha value is 0.790. The van der Waals surface area contributed by atoms with Gasteiger partial charge in [0.25, 0.3) is 0 Å². The van der Waals surface area contributed by atoms with Crippen molar-refractivity contribution in [1.82, 2.24) is 0 Å². The van der Waals surface area contributed by atoms with E-state index in [0.29, 0.717) is 17.2 Å². The van der Waals surface area contributed by atoms with Crippen molar-refractivity contribution in [3.8, 4) is 0 Å². The fourth-order valence-electron chi connectivity index (χ4n) is 1.35. The second kappa shape index (κ2) is 6.65. The standard InChI is InChI=1S/C6H11ClO.C5H8Cl2O/c1-2-6(3-7)4-8-5-6;6-1-5(2-7)3-8-4-5/h2-5H2,1H3;1-4H2. The number of hydrogen-bond donors (Lipinski definition) is 0. The Labute approximate surface area is 113 Å². The molecular weight excluding hydrogens is 270 g/mol. The van der Waals surface area contributed by atoms with Gasteiger partial charge in [0.15, 0.2) is 0 Å². The Morgan fingerprint density at radius 3 is 1.19 bits per heavy atom. The van der Waals surface area contributed by atoms with E-state index in [2.05, 4.69) is 6.92 Å². The Morgan fingerprint density at radius 1 is 0.812 bits per heavy atom. The van der Waals surface area contributed by atoms with E-state index in [1.54, 1.807) is 0 Å². The predicted molar refractivity (Wildman–Crippen MR) is 69.0 cm³/mol. The first-order chi connectivity index (χ1) is 7.66. The van der Waals surface area contributed by atoms with Crippen LogP contribution in [0.3, 0.4) is 0 Å². The lowest BCUT2D eigenvalue weighted by Crippen LogP contribution is -2.45. The van der Waals surface area contributed by atoms with Crippen molar-refractivity contribution < 1.29 is 9.47 Å². The van der Waals surface area contributed by atoms with E-state index in [-0.39, 0.29) is 5.41 Å². The molecule has 0 atom stereocenters. The van der Waals surface area contributed by atoms with Crippen LogP contribution in [0, 0.1) is 10.8 Å². The average molecular weight is 290 g/mol. The van der Waals surface area contributed by atoms with Crippen LogP contribution in [0.25, 0.3) is 0 Å². The van der Waals surface area contributed by atoms with Gasteiger partial charge in [-0.3, -0.25) is 0 Å². The lowest BCUT2D eigenvalue weighted by molar-refractivity contribution is -0.100. The molecule has 0 aromatic heterocycles. The molecule has 2 rings (SSSR count). The molecule has 2 aliphatic rings. The SMILES string of the molecule is CCC1(CCl)COC1.ClCC1(CCl)COC1. The Balaban J connectivity index is 0.000000160. The van der Waals surface area contributed by atoms with E-state index in [0.717, 1.165) is 38.7 Å². The second-order valence-corrected chi connectivity index (χ2v) is 5.54. The number of alkyl halides is 3. The van der Waals surface area contributed by atoms with Crippen molar-refractivity contribution in [3.05, 3.63) is 0 Å². The van der Waals surface area contributed by atoms with Crippen molar-refractivity contribution in [2.45, 2.75) is 13.3 Å². The van der Waals surface area contributed by atoms with Crippen LogP contribution >= 0.6 is 34.8 Å². The molecule has 0 aromatic carbocycles. The monoisotopic (exact) mass is 288 g/mol. The summed E-state index contributed by atoms with van der Waals surface area (Å²) in [6.07, 6.45) is 1.15. The van der Waals surface area contributed by atoms with E-state index in [9.17, 15) is 0 Å². The van der Waals surface area contributed by atoms with E-state index < -0.39 is 0 Å². The van der Waals surface area contributed by atoms with Crippen LogP contribution in [0.1, 0.15) is 13.3 Å². The molecule has 0 aromatic rings. The third-order valence-corrected chi connectivity index (χ3v) is 4.93. The van der Waals surface area contributed by atoms with Crippen molar-refractivity contribution >= 4 is 34.8 Å². The molecule has 0 aliphatic carbocycles. The number of halogens is 3. The smallest absolute Gasteiger partial charge is 0.0567 e. The highest BCUT2D eigenvalue weighted by Crippen LogP contribution is 2.32. The Morgan fingerprint density at radius 2 is 1.19 bits per heavy atom. The third kappa shape index (κ3) is 3.39. The van der Waals surface area contributed by atoms with Crippen LogP contribution in [0.2, 0.25) is 0 Å². The molecule has 0 spiro atoms. The highest BCUT2D eigenvalue weighted by Gasteiger charge is 2.36. The molecular formula is C11H19Cl3O2. The van der Waals surface area contributed by atoms with Gasteiger partial charge in [0.1, 0.15) is 0 Å². The van der Waals surface area contributed by atoms with Gasteiger partial charge >= 0.3 is 0 Å². The molecule has 5 heteroatoms. The van der Waals surface area contributed by atoms with Gasteiger partial charge < -0.3 is 9.47 Å². The third-order valence-electron chi connectivity index (χ3n) is 3.23. The highest BCUT2D eigenvalue weighted by atomic mass is 35.5. The number of rotatable bonds is 4. The summed E-state index contributed by atoms with van der Waals surface area (Å²) >= 11 is 16.9. The van der Waals surface area contributed by atoms with Crippen molar-refractivity contribution in [2.75, 3.05) is 44.1 Å². The van der Waals surface area contributed by atoms with Crippen LogP contribution in [-0.2, 0) is 9.47 Å². The summed E-state index contributed by atoms with van der Waals surface area (Å²) in [7, 11) is 0. The first kappa shape index (κ1) is 14.8. The second-order valence-electron chi connectivity index (χ2n) is 4.74. The molecule has 2 heterocycles.